The van der Waals surface area contributed by atoms with E-state index in [2.05, 4.69) is 39.6 Å². The van der Waals surface area contributed by atoms with Crippen molar-refractivity contribution in [3.8, 4) is 0 Å². The smallest absolute Gasteiger partial charge is 0.0351 e. The van der Waals surface area contributed by atoms with E-state index >= 15 is 0 Å². The number of hydrogen-bond acceptors (Lipinski definition) is 2. The van der Waals surface area contributed by atoms with Gasteiger partial charge in [0.1, 0.15) is 0 Å². The standard InChI is InChI=1S/C10H14BrNS/c1-13-7-3-6-12-10-5-2-4-9(11)8-10/h2,4-5,8,12H,3,6-7H2,1H3. The Hall–Kier alpha value is -0.150. The van der Waals surface area contributed by atoms with Gasteiger partial charge in [0.25, 0.3) is 0 Å². The zero-order valence-corrected chi connectivity index (χ0v) is 10.1. The van der Waals surface area contributed by atoms with Crippen molar-refractivity contribution in [3.05, 3.63) is 28.7 Å². The molecule has 0 aromatic heterocycles. The quantitative estimate of drug-likeness (QED) is 0.811. The predicted octanol–water partition coefficient (Wildman–Crippen LogP) is 3.61. The topological polar surface area (TPSA) is 12.0 Å². The van der Waals surface area contributed by atoms with Gasteiger partial charge in [-0.2, -0.15) is 11.8 Å². The highest BCUT2D eigenvalue weighted by atomic mass is 79.9. The van der Waals surface area contributed by atoms with Crippen molar-refractivity contribution in [2.75, 3.05) is 23.9 Å². The molecule has 0 unspecified atom stereocenters. The van der Waals surface area contributed by atoms with E-state index in [-0.39, 0.29) is 0 Å². The molecule has 1 aromatic rings. The highest BCUT2D eigenvalue weighted by Crippen LogP contribution is 2.15. The molecule has 0 aliphatic rings. The summed E-state index contributed by atoms with van der Waals surface area (Å²) in [4.78, 5) is 0. The molecule has 1 N–H and O–H groups in total. The summed E-state index contributed by atoms with van der Waals surface area (Å²) in [5, 5.41) is 3.38. The Balaban J connectivity index is 2.28. The molecular formula is C10H14BrNS. The van der Waals surface area contributed by atoms with Gasteiger partial charge in [-0.1, -0.05) is 22.0 Å². The van der Waals surface area contributed by atoms with Crippen molar-refractivity contribution in [1.82, 2.24) is 0 Å². The van der Waals surface area contributed by atoms with Crippen LogP contribution in [0.5, 0.6) is 0 Å². The van der Waals surface area contributed by atoms with Crippen LogP contribution in [0.4, 0.5) is 5.69 Å². The summed E-state index contributed by atoms with van der Waals surface area (Å²) in [5.41, 5.74) is 1.19. The second-order valence-electron chi connectivity index (χ2n) is 2.78. The van der Waals surface area contributed by atoms with E-state index in [0.29, 0.717) is 0 Å². The molecule has 0 spiro atoms. The highest BCUT2D eigenvalue weighted by molar-refractivity contribution is 9.10. The molecule has 13 heavy (non-hydrogen) atoms. The fraction of sp³-hybridized carbons (Fsp3) is 0.400. The van der Waals surface area contributed by atoms with Crippen LogP contribution in [0.2, 0.25) is 0 Å². The molecule has 0 fully saturated rings. The van der Waals surface area contributed by atoms with Gasteiger partial charge >= 0.3 is 0 Å². The highest BCUT2D eigenvalue weighted by Gasteiger charge is 1.91. The minimum atomic E-state index is 1.05. The molecule has 1 rings (SSSR count). The summed E-state index contributed by atoms with van der Waals surface area (Å²) < 4.78 is 1.13. The minimum Gasteiger partial charge on any atom is -0.385 e. The van der Waals surface area contributed by atoms with Crippen molar-refractivity contribution in [3.63, 3.8) is 0 Å². The molecule has 0 amide bonds. The number of benzene rings is 1. The first kappa shape index (κ1) is 10.9. The van der Waals surface area contributed by atoms with Crippen molar-refractivity contribution in [2.24, 2.45) is 0 Å². The maximum atomic E-state index is 3.44. The van der Waals surface area contributed by atoms with Gasteiger partial charge < -0.3 is 5.32 Å². The van der Waals surface area contributed by atoms with Crippen LogP contribution >= 0.6 is 27.7 Å². The zero-order valence-electron chi connectivity index (χ0n) is 7.72. The maximum Gasteiger partial charge on any atom is 0.0351 e. The van der Waals surface area contributed by atoms with E-state index in [9.17, 15) is 0 Å². The van der Waals surface area contributed by atoms with Crippen molar-refractivity contribution < 1.29 is 0 Å². The molecular weight excluding hydrogens is 246 g/mol. The van der Waals surface area contributed by atoms with Crippen LogP contribution in [0, 0.1) is 0 Å². The van der Waals surface area contributed by atoms with Gasteiger partial charge in [0, 0.05) is 16.7 Å². The Labute approximate surface area is 92.4 Å². The molecule has 0 heterocycles. The van der Waals surface area contributed by atoms with Gasteiger partial charge in [0.15, 0.2) is 0 Å². The molecule has 0 radical (unpaired) electrons. The summed E-state index contributed by atoms with van der Waals surface area (Å²) in [6.07, 6.45) is 3.35. The Morgan fingerprint density at radius 2 is 2.31 bits per heavy atom. The summed E-state index contributed by atoms with van der Waals surface area (Å²) in [5.74, 6) is 1.22. The minimum absolute atomic E-state index is 1.05. The fourth-order valence-electron chi connectivity index (χ4n) is 1.05. The van der Waals surface area contributed by atoms with Crippen LogP contribution in [-0.4, -0.2) is 18.6 Å². The molecule has 3 heteroatoms. The average molecular weight is 260 g/mol. The van der Waals surface area contributed by atoms with Crippen LogP contribution in [0.25, 0.3) is 0 Å². The number of nitrogens with one attached hydrogen (secondary N) is 1. The molecule has 0 saturated heterocycles. The summed E-state index contributed by atoms with van der Waals surface area (Å²) in [6.45, 7) is 1.05. The van der Waals surface area contributed by atoms with Crippen LogP contribution in [-0.2, 0) is 0 Å². The third-order valence-corrected chi connectivity index (χ3v) is 2.87. The zero-order chi connectivity index (χ0) is 9.52. The van der Waals surface area contributed by atoms with Crippen LogP contribution in [0.1, 0.15) is 6.42 Å². The van der Waals surface area contributed by atoms with Gasteiger partial charge in [-0.25, -0.2) is 0 Å². The third kappa shape index (κ3) is 4.58. The number of anilines is 1. The van der Waals surface area contributed by atoms with E-state index in [1.165, 1.54) is 17.9 Å². The molecule has 0 aliphatic carbocycles. The summed E-state index contributed by atoms with van der Waals surface area (Å²) in [7, 11) is 0. The molecule has 1 aromatic carbocycles. The lowest BCUT2D eigenvalue weighted by Gasteiger charge is -2.05. The van der Waals surface area contributed by atoms with Crippen molar-refractivity contribution in [2.45, 2.75) is 6.42 Å². The Kier molecular flexibility index (Phi) is 5.32. The second-order valence-corrected chi connectivity index (χ2v) is 4.68. The lowest BCUT2D eigenvalue weighted by atomic mass is 10.3. The van der Waals surface area contributed by atoms with Gasteiger partial charge in [0.2, 0.25) is 0 Å². The van der Waals surface area contributed by atoms with E-state index in [4.69, 9.17) is 0 Å². The number of hydrogen-bond donors (Lipinski definition) is 1. The van der Waals surface area contributed by atoms with Crippen molar-refractivity contribution >= 4 is 33.4 Å². The lowest BCUT2D eigenvalue weighted by molar-refractivity contribution is 0.993. The molecule has 1 nitrogen and oxygen atoms in total. The molecule has 0 atom stereocenters. The first-order valence-electron chi connectivity index (χ1n) is 4.31. The molecule has 0 saturated carbocycles. The van der Waals surface area contributed by atoms with E-state index in [1.807, 2.05) is 23.9 Å². The van der Waals surface area contributed by atoms with Gasteiger partial charge in [-0.15, -0.1) is 0 Å². The van der Waals surface area contributed by atoms with E-state index in [0.717, 1.165) is 11.0 Å². The van der Waals surface area contributed by atoms with E-state index < -0.39 is 0 Å². The number of rotatable bonds is 5. The Bertz CT molecular complexity index is 252. The molecule has 0 aliphatic heterocycles. The lowest BCUT2D eigenvalue weighted by Crippen LogP contribution is -2.01. The first-order chi connectivity index (χ1) is 6.33. The largest absolute Gasteiger partial charge is 0.385 e. The predicted molar refractivity (Wildman–Crippen MR) is 65.6 cm³/mol. The van der Waals surface area contributed by atoms with Crippen molar-refractivity contribution in [1.29, 1.82) is 0 Å². The van der Waals surface area contributed by atoms with Gasteiger partial charge in [-0.05, 0) is 36.6 Å². The summed E-state index contributed by atoms with van der Waals surface area (Å²) >= 11 is 5.33. The fourth-order valence-corrected chi connectivity index (χ4v) is 1.88. The number of thioether (sulfide) groups is 1. The normalized spacial score (nSPS) is 10.0. The first-order valence-corrected chi connectivity index (χ1v) is 6.50. The SMILES string of the molecule is CSCCCNc1cccc(Br)c1. The van der Waals surface area contributed by atoms with Crippen LogP contribution < -0.4 is 5.32 Å². The second kappa shape index (κ2) is 6.33. The molecule has 72 valence electrons. The monoisotopic (exact) mass is 259 g/mol. The van der Waals surface area contributed by atoms with Crippen LogP contribution in [0.15, 0.2) is 28.7 Å². The Morgan fingerprint density at radius 3 is 3.00 bits per heavy atom. The Morgan fingerprint density at radius 1 is 1.46 bits per heavy atom. The van der Waals surface area contributed by atoms with Gasteiger partial charge in [-0.3, -0.25) is 0 Å². The van der Waals surface area contributed by atoms with Crippen LogP contribution in [0.3, 0.4) is 0 Å². The van der Waals surface area contributed by atoms with E-state index in [1.54, 1.807) is 0 Å². The van der Waals surface area contributed by atoms with Gasteiger partial charge in [0.05, 0.1) is 0 Å². The number of halogens is 1. The average Bonchev–Trinajstić information content (AvgIpc) is 2.13. The maximum absolute atomic E-state index is 3.44. The summed E-state index contributed by atoms with van der Waals surface area (Å²) in [6, 6.07) is 8.26. The molecule has 0 bridgehead atoms. The third-order valence-electron chi connectivity index (χ3n) is 1.68.